The van der Waals surface area contributed by atoms with Crippen molar-refractivity contribution in [3.8, 4) is 11.3 Å². The number of carboxylic acid groups (broad SMARTS) is 1. The summed E-state index contributed by atoms with van der Waals surface area (Å²) in [6.07, 6.45) is 5.11. The fraction of sp³-hybridized carbons (Fsp3) is 0.367. The maximum absolute atomic E-state index is 13.0. The fourth-order valence-corrected chi connectivity index (χ4v) is 6.02. The van der Waals surface area contributed by atoms with E-state index in [9.17, 15) is 9.59 Å². The van der Waals surface area contributed by atoms with Crippen LogP contribution in [0.25, 0.3) is 17.3 Å². The van der Waals surface area contributed by atoms with Gasteiger partial charge in [0.1, 0.15) is 0 Å². The maximum atomic E-state index is 13.0. The number of aryl methyl sites for hydroxylation is 2. The highest BCUT2D eigenvalue weighted by Gasteiger charge is 2.24. The highest BCUT2D eigenvalue weighted by atomic mass is 35.5. The van der Waals surface area contributed by atoms with E-state index in [2.05, 4.69) is 44.3 Å². The van der Waals surface area contributed by atoms with Gasteiger partial charge in [0.25, 0.3) is 5.91 Å². The Labute approximate surface area is 243 Å². The molecule has 2 N–H and O–H groups in total. The molecule has 2 aromatic carbocycles. The quantitative estimate of drug-likeness (QED) is 0.196. The van der Waals surface area contributed by atoms with Crippen molar-refractivity contribution < 1.29 is 19.4 Å². The number of hydrogen-bond acceptors (Lipinski definition) is 5. The summed E-state index contributed by atoms with van der Waals surface area (Å²) in [7, 11) is 0. The van der Waals surface area contributed by atoms with Gasteiger partial charge in [-0.25, -0.2) is 9.78 Å². The summed E-state index contributed by atoms with van der Waals surface area (Å²) >= 11 is 14.1. The molecule has 206 valence electrons. The summed E-state index contributed by atoms with van der Waals surface area (Å²) in [6.45, 7) is 9.46. The van der Waals surface area contributed by atoms with Gasteiger partial charge in [-0.05, 0) is 67.4 Å². The van der Waals surface area contributed by atoms with Gasteiger partial charge in [0.15, 0.2) is 5.13 Å². The first-order chi connectivity index (χ1) is 18.4. The van der Waals surface area contributed by atoms with Gasteiger partial charge < -0.3 is 9.84 Å². The van der Waals surface area contributed by atoms with Gasteiger partial charge >= 0.3 is 5.97 Å². The number of nitrogens with one attached hydrogen (secondary N) is 1. The largest absolute Gasteiger partial charge is 0.478 e. The van der Waals surface area contributed by atoms with Gasteiger partial charge in [0.05, 0.1) is 22.3 Å². The van der Waals surface area contributed by atoms with E-state index >= 15 is 0 Å². The van der Waals surface area contributed by atoms with Crippen molar-refractivity contribution in [3.05, 3.63) is 73.1 Å². The number of hydrogen-bond donors (Lipinski definition) is 2. The summed E-state index contributed by atoms with van der Waals surface area (Å²) in [4.78, 5) is 30.1. The van der Waals surface area contributed by atoms with Gasteiger partial charge in [-0.1, -0.05) is 62.2 Å². The monoisotopic (exact) mass is 586 g/mol. The SMILES string of the molecule is C/C(=C\c1c(Cl)cc(C(=O)Nc2nc3c(s2)CCc2c(CCCOCC(C)(C)C)cccc2-3)cc1Cl)C(=O)O. The van der Waals surface area contributed by atoms with E-state index in [1.165, 1.54) is 47.6 Å². The zero-order valence-corrected chi connectivity index (χ0v) is 24.8. The van der Waals surface area contributed by atoms with Crippen LogP contribution in [0.15, 0.2) is 35.9 Å². The van der Waals surface area contributed by atoms with Crippen LogP contribution in [-0.2, 0) is 28.8 Å². The second-order valence-electron chi connectivity index (χ2n) is 10.9. The molecular weight excluding hydrogens is 555 g/mol. The number of halogens is 2. The van der Waals surface area contributed by atoms with Crippen LogP contribution >= 0.6 is 34.5 Å². The third kappa shape index (κ3) is 7.28. The molecule has 0 saturated carbocycles. The molecule has 4 rings (SSSR count). The Balaban J connectivity index is 1.48. The summed E-state index contributed by atoms with van der Waals surface area (Å²) in [5.74, 6) is -1.46. The number of amides is 1. The van der Waals surface area contributed by atoms with Crippen LogP contribution in [0.3, 0.4) is 0 Å². The number of carbonyl (C=O) groups excluding carboxylic acids is 1. The Hall–Kier alpha value is -2.71. The summed E-state index contributed by atoms with van der Waals surface area (Å²) < 4.78 is 5.85. The van der Waals surface area contributed by atoms with Crippen LogP contribution in [-0.4, -0.2) is 35.2 Å². The first-order valence-electron chi connectivity index (χ1n) is 12.8. The average Bonchev–Trinajstić information content (AvgIpc) is 3.28. The smallest absolute Gasteiger partial charge is 0.331 e. The second-order valence-corrected chi connectivity index (χ2v) is 12.8. The molecule has 1 aromatic heterocycles. The Bertz CT molecular complexity index is 1420. The fourth-order valence-electron chi connectivity index (χ4n) is 4.45. The predicted octanol–water partition coefficient (Wildman–Crippen LogP) is 7.95. The Morgan fingerprint density at radius 2 is 1.90 bits per heavy atom. The molecule has 0 bridgehead atoms. The third-order valence-electron chi connectivity index (χ3n) is 6.36. The van der Waals surface area contributed by atoms with Gasteiger partial charge in [-0.15, -0.1) is 11.3 Å². The number of benzene rings is 2. The standard InChI is InChI=1S/C30H32Cl2N2O4S/c1-17(28(36)37)13-22-23(31)14-19(15-24(22)32)27(35)34-29-33-26-21-9-5-7-18(20(21)10-11-25(26)39-29)8-6-12-38-16-30(2,3)4/h5,7,9,13-15H,6,8,10-12,16H2,1-4H3,(H,36,37)(H,33,34,35)/b17-13+. The molecule has 0 aliphatic heterocycles. The molecule has 0 unspecified atom stereocenters. The number of aliphatic carboxylic acids is 1. The van der Waals surface area contributed by atoms with Gasteiger partial charge in [0, 0.05) is 33.7 Å². The summed E-state index contributed by atoms with van der Waals surface area (Å²) in [6, 6.07) is 9.31. The van der Waals surface area contributed by atoms with E-state index < -0.39 is 5.97 Å². The summed E-state index contributed by atoms with van der Waals surface area (Å²) in [5, 5.41) is 12.9. The molecule has 6 nitrogen and oxygen atoms in total. The molecule has 1 amide bonds. The molecule has 1 aliphatic carbocycles. The zero-order chi connectivity index (χ0) is 28.3. The van der Waals surface area contributed by atoms with Gasteiger partial charge in [0.2, 0.25) is 0 Å². The van der Waals surface area contributed by atoms with Gasteiger partial charge in [-0.3, -0.25) is 10.1 Å². The highest BCUT2D eigenvalue weighted by Crippen LogP contribution is 2.40. The lowest BCUT2D eigenvalue weighted by atomic mass is 9.88. The lowest BCUT2D eigenvalue weighted by Gasteiger charge is -2.20. The minimum absolute atomic E-state index is 0.0849. The van der Waals surface area contributed by atoms with Crippen molar-refractivity contribution in [1.82, 2.24) is 4.98 Å². The number of thiazole rings is 1. The van der Waals surface area contributed by atoms with Crippen molar-refractivity contribution in [2.75, 3.05) is 18.5 Å². The van der Waals surface area contributed by atoms with Crippen molar-refractivity contribution in [2.24, 2.45) is 5.41 Å². The highest BCUT2D eigenvalue weighted by molar-refractivity contribution is 7.16. The molecule has 0 spiro atoms. The lowest BCUT2D eigenvalue weighted by molar-refractivity contribution is -0.132. The second kappa shape index (κ2) is 12.2. The van der Waals surface area contributed by atoms with E-state index in [0.717, 1.165) is 55.0 Å². The minimum Gasteiger partial charge on any atom is -0.478 e. The normalized spacial score (nSPS) is 13.1. The van der Waals surface area contributed by atoms with Crippen LogP contribution in [0.2, 0.25) is 10.0 Å². The molecule has 9 heteroatoms. The third-order valence-corrected chi connectivity index (χ3v) is 8.01. The van der Waals surface area contributed by atoms with Crippen molar-refractivity contribution in [1.29, 1.82) is 0 Å². The van der Waals surface area contributed by atoms with Crippen LogP contribution in [0.4, 0.5) is 5.13 Å². The molecule has 0 atom stereocenters. The van der Waals surface area contributed by atoms with Gasteiger partial charge in [-0.2, -0.15) is 0 Å². The summed E-state index contributed by atoms with van der Waals surface area (Å²) in [5.41, 5.74) is 5.56. The van der Waals surface area contributed by atoms with Crippen molar-refractivity contribution in [2.45, 2.75) is 53.4 Å². The molecule has 3 aromatic rings. The average molecular weight is 588 g/mol. The molecule has 1 heterocycles. The number of nitrogens with zero attached hydrogens (tertiary/aromatic N) is 1. The molecule has 0 saturated heterocycles. The van der Waals surface area contributed by atoms with Crippen molar-refractivity contribution >= 4 is 57.6 Å². The first-order valence-corrected chi connectivity index (χ1v) is 14.4. The Morgan fingerprint density at radius 3 is 2.56 bits per heavy atom. The van der Waals surface area contributed by atoms with E-state index in [1.807, 2.05) is 0 Å². The van der Waals surface area contributed by atoms with E-state index in [0.29, 0.717) is 10.7 Å². The number of carboxylic acids is 1. The van der Waals surface area contributed by atoms with Crippen LogP contribution in [0.5, 0.6) is 0 Å². The molecule has 39 heavy (non-hydrogen) atoms. The maximum Gasteiger partial charge on any atom is 0.331 e. The van der Waals surface area contributed by atoms with E-state index in [4.69, 9.17) is 38.0 Å². The van der Waals surface area contributed by atoms with E-state index in [-0.39, 0.29) is 32.5 Å². The van der Waals surface area contributed by atoms with Crippen molar-refractivity contribution in [3.63, 3.8) is 0 Å². The minimum atomic E-state index is -1.07. The van der Waals surface area contributed by atoms with Crippen LogP contribution < -0.4 is 5.32 Å². The predicted molar refractivity (Wildman–Crippen MR) is 159 cm³/mol. The molecule has 0 radical (unpaired) electrons. The number of aromatic nitrogens is 1. The number of ether oxygens (including phenoxy) is 1. The lowest BCUT2D eigenvalue weighted by Crippen LogP contribution is -2.15. The number of rotatable bonds is 9. The van der Waals surface area contributed by atoms with E-state index in [1.54, 1.807) is 0 Å². The molecular formula is C30H32Cl2N2O4S. The van der Waals surface area contributed by atoms with Crippen LogP contribution in [0.1, 0.15) is 66.0 Å². The number of carbonyl (C=O) groups is 2. The van der Waals surface area contributed by atoms with Crippen LogP contribution in [0, 0.1) is 5.41 Å². The number of fused-ring (bicyclic) bond motifs is 3. The Morgan fingerprint density at radius 1 is 1.18 bits per heavy atom. The molecule has 0 fully saturated rings. The zero-order valence-electron chi connectivity index (χ0n) is 22.5. The Kier molecular flexibility index (Phi) is 9.17. The number of anilines is 1. The first kappa shape index (κ1) is 29.3. The molecule has 1 aliphatic rings. The topological polar surface area (TPSA) is 88.5 Å².